The number of carboxylic acids is 1. The van der Waals surface area contributed by atoms with Gasteiger partial charge in [0, 0.05) is 7.11 Å². The molecule has 7 heteroatoms. The molecule has 1 aliphatic heterocycles. The number of methoxy groups -OCH3 is 1. The van der Waals surface area contributed by atoms with E-state index in [1.165, 1.54) is 27.9 Å². The zero-order valence-corrected chi connectivity index (χ0v) is 10.2. The van der Waals surface area contributed by atoms with Crippen LogP contribution in [0.25, 0.3) is 0 Å². The van der Waals surface area contributed by atoms with Gasteiger partial charge in [-0.15, -0.1) is 0 Å². The Balaban J connectivity index is 3.17. The Morgan fingerprint density at radius 2 is 2.06 bits per heavy atom. The van der Waals surface area contributed by atoms with Crippen LogP contribution in [0, 0.1) is 0 Å². The summed E-state index contributed by atoms with van der Waals surface area (Å²) in [7, 11) is 1.31. The van der Waals surface area contributed by atoms with E-state index < -0.39 is 29.0 Å². The molecule has 0 radical (unpaired) electrons. The van der Waals surface area contributed by atoms with Crippen molar-refractivity contribution in [2.24, 2.45) is 0 Å². The molecule has 1 unspecified atom stereocenters. The van der Waals surface area contributed by atoms with Crippen LogP contribution in [0.2, 0.25) is 0 Å². The Morgan fingerprint density at radius 3 is 2.35 bits per heavy atom. The Labute approximate surface area is 98.7 Å². The number of urea groups is 1. The SMILES string of the molecule is COCC(C)(C(=O)O)N1C(=O)NC(C)(C)C1=O. The van der Waals surface area contributed by atoms with Crippen LogP contribution in [0.5, 0.6) is 0 Å². The van der Waals surface area contributed by atoms with Gasteiger partial charge in [-0.1, -0.05) is 0 Å². The fraction of sp³-hybridized carbons (Fsp3) is 0.700. The maximum absolute atomic E-state index is 12.0. The molecule has 1 rings (SSSR count). The molecule has 0 aromatic heterocycles. The number of ether oxygens (including phenoxy) is 1. The van der Waals surface area contributed by atoms with Crippen LogP contribution < -0.4 is 5.32 Å². The molecule has 1 fully saturated rings. The molecule has 0 aromatic rings. The molecule has 1 atom stereocenters. The summed E-state index contributed by atoms with van der Waals surface area (Å²) in [6, 6.07) is -0.720. The van der Waals surface area contributed by atoms with Gasteiger partial charge in [0.05, 0.1) is 6.61 Å². The average Bonchev–Trinajstić information content (AvgIpc) is 2.36. The van der Waals surface area contributed by atoms with Gasteiger partial charge >= 0.3 is 12.0 Å². The van der Waals surface area contributed by atoms with E-state index >= 15 is 0 Å². The number of carbonyl (C=O) groups excluding carboxylic acids is 2. The minimum atomic E-state index is -1.70. The molecule has 0 aromatic carbocycles. The van der Waals surface area contributed by atoms with Crippen molar-refractivity contribution in [1.29, 1.82) is 0 Å². The van der Waals surface area contributed by atoms with Crippen LogP contribution in [0.3, 0.4) is 0 Å². The highest BCUT2D eigenvalue weighted by atomic mass is 16.5. The summed E-state index contributed by atoms with van der Waals surface area (Å²) in [6.45, 7) is 4.04. The number of carboxylic acid groups (broad SMARTS) is 1. The molecular weight excluding hydrogens is 228 g/mol. The summed E-state index contributed by atoms with van der Waals surface area (Å²) in [5, 5.41) is 11.6. The summed E-state index contributed by atoms with van der Waals surface area (Å²) >= 11 is 0. The maximum atomic E-state index is 12.0. The second-order valence-electron chi connectivity index (χ2n) is 4.71. The highest BCUT2D eigenvalue weighted by Gasteiger charge is 2.55. The number of hydrogen-bond acceptors (Lipinski definition) is 4. The predicted molar refractivity (Wildman–Crippen MR) is 57.4 cm³/mol. The molecule has 0 aliphatic carbocycles. The highest BCUT2D eigenvalue weighted by molar-refractivity contribution is 6.09. The zero-order valence-electron chi connectivity index (χ0n) is 10.2. The monoisotopic (exact) mass is 244 g/mol. The van der Waals surface area contributed by atoms with Crippen LogP contribution in [0.15, 0.2) is 0 Å². The molecule has 1 saturated heterocycles. The molecule has 0 spiro atoms. The van der Waals surface area contributed by atoms with E-state index in [1.807, 2.05) is 0 Å². The molecule has 17 heavy (non-hydrogen) atoms. The number of carbonyl (C=O) groups is 3. The van der Waals surface area contributed by atoms with Gasteiger partial charge in [-0.05, 0) is 20.8 Å². The molecule has 0 bridgehead atoms. The third kappa shape index (κ3) is 1.97. The summed E-state index contributed by atoms with van der Waals surface area (Å²) in [4.78, 5) is 35.6. The fourth-order valence-electron chi connectivity index (χ4n) is 1.70. The lowest BCUT2D eigenvalue weighted by Gasteiger charge is -2.32. The molecule has 2 N–H and O–H groups in total. The first kappa shape index (κ1) is 13.4. The second kappa shape index (κ2) is 3.99. The Hall–Kier alpha value is -1.63. The normalized spacial score (nSPS) is 22.2. The van der Waals surface area contributed by atoms with Crippen molar-refractivity contribution in [2.75, 3.05) is 13.7 Å². The van der Waals surface area contributed by atoms with Gasteiger partial charge in [-0.2, -0.15) is 0 Å². The minimum Gasteiger partial charge on any atom is -0.479 e. The molecule has 1 heterocycles. The van der Waals surface area contributed by atoms with Gasteiger partial charge in [-0.3, -0.25) is 4.79 Å². The van der Waals surface area contributed by atoms with Crippen LogP contribution in [-0.2, 0) is 14.3 Å². The number of imide groups is 1. The van der Waals surface area contributed by atoms with E-state index in [1.54, 1.807) is 0 Å². The van der Waals surface area contributed by atoms with Gasteiger partial charge in [0.1, 0.15) is 5.54 Å². The quantitative estimate of drug-likeness (QED) is 0.668. The Bertz CT molecular complexity index is 379. The van der Waals surface area contributed by atoms with E-state index in [0.29, 0.717) is 4.90 Å². The first-order valence-corrected chi connectivity index (χ1v) is 5.06. The Kier molecular flexibility index (Phi) is 3.15. The largest absolute Gasteiger partial charge is 0.479 e. The van der Waals surface area contributed by atoms with E-state index in [2.05, 4.69) is 5.32 Å². The standard InChI is InChI=1S/C10H16N2O5/c1-9(2)6(13)12(8(16)11-9)10(3,5-17-4)7(14)15/h5H2,1-4H3,(H,11,16)(H,14,15). The molecule has 1 aliphatic rings. The van der Waals surface area contributed by atoms with Crippen LogP contribution in [0.1, 0.15) is 20.8 Å². The molecule has 7 nitrogen and oxygen atoms in total. The third-order valence-electron chi connectivity index (χ3n) is 2.74. The van der Waals surface area contributed by atoms with Crippen molar-refractivity contribution in [1.82, 2.24) is 10.2 Å². The van der Waals surface area contributed by atoms with E-state index in [-0.39, 0.29) is 6.61 Å². The van der Waals surface area contributed by atoms with Crippen molar-refractivity contribution in [3.8, 4) is 0 Å². The first-order valence-electron chi connectivity index (χ1n) is 5.06. The summed E-state index contributed by atoms with van der Waals surface area (Å²) < 4.78 is 4.79. The molecule has 0 saturated carbocycles. The second-order valence-corrected chi connectivity index (χ2v) is 4.71. The van der Waals surface area contributed by atoms with E-state index in [9.17, 15) is 19.5 Å². The van der Waals surface area contributed by atoms with Crippen LogP contribution in [0.4, 0.5) is 4.79 Å². The lowest BCUT2D eigenvalue weighted by atomic mass is 9.99. The van der Waals surface area contributed by atoms with E-state index in [0.717, 1.165) is 0 Å². The predicted octanol–water partition coefficient (Wildman–Crippen LogP) is -0.193. The number of nitrogens with zero attached hydrogens (tertiary/aromatic N) is 1. The first-order chi connectivity index (χ1) is 7.66. The van der Waals surface area contributed by atoms with Crippen LogP contribution in [-0.4, -0.2) is 52.7 Å². The number of rotatable bonds is 4. The van der Waals surface area contributed by atoms with Gasteiger partial charge < -0.3 is 15.2 Å². The smallest absolute Gasteiger partial charge is 0.332 e. The van der Waals surface area contributed by atoms with Crippen molar-refractivity contribution in [3.05, 3.63) is 0 Å². The zero-order chi connectivity index (χ0) is 13.4. The van der Waals surface area contributed by atoms with Crippen LogP contribution >= 0.6 is 0 Å². The molecule has 3 amide bonds. The number of amides is 3. The van der Waals surface area contributed by atoms with Gasteiger partial charge in [0.25, 0.3) is 5.91 Å². The Morgan fingerprint density at radius 1 is 1.53 bits per heavy atom. The van der Waals surface area contributed by atoms with Crippen molar-refractivity contribution in [2.45, 2.75) is 31.8 Å². The summed E-state index contributed by atoms with van der Waals surface area (Å²) in [5.74, 6) is -1.87. The topological polar surface area (TPSA) is 95.9 Å². The van der Waals surface area contributed by atoms with Crippen molar-refractivity contribution >= 4 is 17.9 Å². The van der Waals surface area contributed by atoms with Crippen molar-refractivity contribution in [3.63, 3.8) is 0 Å². The van der Waals surface area contributed by atoms with Gasteiger partial charge in [0.2, 0.25) is 0 Å². The van der Waals surface area contributed by atoms with Gasteiger partial charge in [-0.25, -0.2) is 14.5 Å². The van der Waals surface area contributed by atoms with Gasteiger partial charge in [0.15, 0.2) is 5.54 Å². The molecule has 96 valence electrons. The summed E-state index contributed by atoms with van der Waals surface area (Å²) in [5.41, 5.74) is -2.80. The number of aliphatic carboxylic acids is 1. The third-order valence-corrected chi connectivity index (χ3v) is 2.74. The fourth-order valence-corrected chi connectivity index (χ4v) is 1.70. The highest BCUT2D eigenvalue weighted by Crippen LogP contribution is 2.26. The van der Waals surface area contributed by atoms with Crippen molar-refractivity contribution < 1.29 is 24.2 Å². The number of nitrogens with one attached hydrogen (secondary N) is 1. The summed E-state index contributed by atoms with van der Waals surface area (Å²) in [6.07, 6.45) is 0. The maximum Gasteiger partial charge on any atom is 0.332 e. The average molecular weight is 244 g/mol. The lowest BCUT2D eigenvalue weighted by molar-refractivity contribution is -0.157. The lowest BCUT2D eigenvalue weighted by Crippen LogP contribution is -2.58. The minimum absolute atomic E-state index is 0.266. The molecular formula is C10H16N2O5. The van der Waals surface area contributed by atoms with E-state index in [4.69, 9.17) is 4.74 Å². The number of hydrogen-bond donors (Lipinski definition) is 2.